The first kappa shape index (κ1) is 18.2. The molecule has 1 N–H and O–H groups in total. The summed E-state index contributed by atoms with van der Waals surface area (Å²) in [5, 5.41) is 12.0. The number of hydrogen-bond acceptors (Lipinski definition) is 6. The molecule has 1 aromatic carbocycles. The van der Waals surface area contributed by atoms with Gasteiger partial charge in [0.05, 0.1) is 23.7 Å². The van der Waals surface area contributed by atoms with Gasteiger partial charge in [0.15, 0.2) is 0 Å². The number of nitrogens with zero attached hydrogens (tertiary/aromatic N) is 4. The van der Waals surface area contributed by atoms with E-state index in [1.54, 1.807) is 11.8 Å². The topological polar surface area (TPSA) is 81.9 Å². The van der Waals surface area contributed by atoms with E-state index in [1.165, 1.54) is 16.9 Å². The summed E-state index contributed by atoms with van der Waals surface area (Å²) >= 11 is 1.32. The molecule has 0 atom stereocenters. The molecule has 0 saturated heterocycles. The number of rotatable bonds is 6. The molecule has 0 radical (unpaired) electrons. The normalized spacial score (nSPS) is 10.9. The van der Waals surface area contributed by atoms with Gasteiger partial charge >= 0.3 is 0 Å². The number of amides is 1. The Morgan fingerprint density at radius 1 is 1.23 bits per heavy atom. The molecule has 2 heterocycles. The number of aromatic nitrogens is 4. The molecule has 1 amide bonds. The van der Waals surface area contributed by atoms with Crippen LogP contribution in [-0.4, -0.2) is 46.1 Å². The second-order valence-corrected chi connectivity index (χ2v) is 6.95. The van der Waals surface area contributed by atoms with Crippen LogP contribution < -0.4 is 5.32 Å². The number of nitrogens with one attached hydrogen (secondary N) is 1. The Kier molecular flexibility index (Phi) is 5.43. The highest BCUT2D eigenvalue weighted by molar-refractivity contribution is 7.17. The summed E-state index contributed by atoms with van der Waals surface area (Å²) in [5.74, 6) is -0.146. The Balaban J connectivity index is 1.87. The van der Waals surface area contributed by atoms with Crippen molar-refractivity contribution in [3.63, 3.8) is 0 Å². The monoisotopic (exact) mass is 371 g/mol. The summed E-state index contributed by atoms with van der Waals surface area (Å²) in [7, 11) is 1.60. The van der Waals surface area contributed by atoms with Crippen LogP contribution >= 0.6 is 11.3 Å². The maximum atomic E-state index is 12.3. The Morgan fingerprint density at radius 3 is 2.65 bits per heavy atom. The molecule has 0 fully saturated rings. The first-order valence-corrected chi connectivity index (χ1v) is 9.07. The SMILES string of the molecule is COCCNC(=O)c1sc(-c2nnn(-c3ccc(C)cc3)c2C)nc1C. The summed E-state index contributed by atoms with van der Waals surface area (Å²) in [4.78, 5) is 17.4. The summed E-state index contributed by atoms with van der Waals surface area (Å²) in [5.41, 5.74) is 4.39. The molecule has 0 bridgehead atoms. The van der Waals surface area contributed by atoms with Gasteiger partial charge in [-0.3, -0.25) is 4.79 Å². The lowest BCUT2D eigenvalue weighted by atomic mass is 10.2. The molecular formula is C18H21N5O2S. The lowest BCUT2D eigenvalue weighted by Crippen LogP contribution is -2.26. The molecule has 26 heavy (non-hydrogen) atoms. The Labute approximate surface area is 156 Å². The number of hydrogen-bond donors (Lipinski definition) is 1. The third kappa shape index (κ3) is 3.66. The predicted molar refractivity (Wildman–Crippen MR) is 101 cm³/mol. The van der Waals surface area contributed by atoms with E-state index in [4.69, 9.17) is 4.74 Å². The average Bonchev–Trinajstić information content (AvgIpc) is 3.19. The van der Waals surface area contributed by atoms with Crippen LogP contribution in [-0.2, 0) is 4.74 Å². The zero-order valence-corrected chi connectivity index (χ0v) is 16.1. The molecule has 7 nitrogen and oxygen atoms in total. The van der Waals surface area contributed by atoms with Crippen molar-refractivity contribution in [1.82, 2.24) is 25.3 Å². The van der Waals surface area contributed by atoms with Gasteiger partial charge in [-0.1, -0.05) is 22.9 Å². The Hall–Kier alpha value is -2.58. The van der Waals surface area contributed by atoms with Crippen molar-refractivity contribution in [3.05, 3.63) is 46.1 Å². The molecule has 136 valence electrons. The highest BCUT2D eigenvalue weighted by atomic mass is 32.1. The van der Waals surface area contributed by atoms with Crippen LogP contribution in [0.4, 0.5) is 0 Å². The van der Waals surface area contributed by atoms with E-state index in [1.807, 2.05) is 45.0 Å². The first-order valence-electron chi connectivity index (χ1n) is 8.25. The van der Waals surface area contributed by atoms with Gasteiger partial charge in [-0.05, 0) is 32.9 Å². The molecule has 0 aliphatic rings. The number of thiazole rings is 1. The van der Waals surface area contributed by atoms with Crippen LogP contribution in [0.3, 0.4) is 0 Å². The van der Waals surface area contributed by atoms with Gasteiger partial charge < -0.3 is 10.1 Å². The zero-order valence-electron chi connectivity index (χ0n) is 15.2. The standard InChI is InChI=1S/C18H21N5O2S/c1-11-5-7-14(8-6-11)23-13(3)15(21-22-23)18-20-12(2)16(26-18)17(24)19-9-10-25-4/h5-8H,9-10H2,1-4H3,(H,19,24). The van der Waals surface area contributed by atoms with Crippen LogP contribution in [0.5, 0.6) is 0 Å². The van der Waals surface area contributed by atoms with Crippen LogP contribution in [0.2, 0.25) is 0 Å². The predicted octanol–water partition coefficient (Wildman–Crippen LogP) is 2.69. The maximum absolute atomic E-state index is 12.3. The van der Waals surface area contributed by atoms with Crippen molar-refractivity contribution in [2.24, 2.45) is 0 Å². The fraction of sp³-hybridized carbons (Fsp3) is 0.333. The smallest absolute Gasteiger partial charge is 0.263 e. The third-order valence-corrected chi connectivity index (χ3v) is 5.13. The van der Waals surface area contributed by atoms with Gasteiger partial charge in [0, 0.05) is 13.7 Å². The van der Waals surface area contributed by atoms with Crippen LogP contribution in [0.1, 0.15) is 26.6 Å². The second-order valence-electron chi connectivity index (χ2n) is 5.95. The average molecular weight is 371 g/mol. The molecule has 2 aromatic heterocycles. The maximum Gasteiger partial charge on any atom is 0.263 e. The van der Waals surface area contributed by atoms with Gasteiger partial charge in [0.1, 0.15) is 15.6 Å². The fourth-order valence-corrected chi connectivity index (χ4v) is 3.53. The Morgan fingerprint density at radius 2 is 1.96 bits per heavy atom. The molecule has 0 saturated carbocycles. The number of carbonyl (C=O) groups is 1. The number of ether oxygens (including phenoxy) is 1. The summed E-state index contributed by atoms with van der Waals surface area (Å²) in [6.45, 7) is 6.75. The lowest BCUT2D eigenvalue weighted by molar-refractivity contribution is 0.0940. The summed E-state index contributed by atoms with van der Waals surface area (Å²) in [6.07, 6.45) is 0. The van der Waals surface area contributed by atoms with Crippen molar-refractivity contribution >= 4 is 17.2 Å². The van der Waals surface area contributed by atoms with Gasteiger partial charge in [-0.15, -0.1) is 16.4 Å². The first-order chi connectivity index (χ1) is 12.5. The van der Waals surface area contributed by atoms with E-state index in [9.17, 15) is 4.79 Å². The van der Waals surface area contributed by atoms with Crippen LogP contribution in [0.15, 0.2) is 24.3 Å². The molecule has 3 rings (SSSR count). The highest BCUT2D eigenvalue weighted by Crippen LogP contribution is 2.29. The van der Waals surface area contributed by atoms with Crippen LogP contribution in [0.25, 0.3) is 16.4 Å². The fourth-order valence-electron chi connectivity index (χ4n) is 2.51. The van der Waals surface area contributed by atoms with Crippen molar-refractivity contribution in [2.75, 3.05) is 20.3 Å². The van der Waals surface area contributed by atoms with Crippen LogP contribution in [0, 0.1) is 20.8 Å². The largest absolute Gasteiger partial charge is 0.383 e. The zero-order chi connectivity index (χ0) is 18.7. The van der Waals surface area contributed by atoms with E-state index in [0.717, 1.165) is 11.4 Å². The minimum atomic E-state index is -0.146. The van der Waals surface area contributed by atoms with E-state index >= 15 is 0 Å². The van der Waals surface area contributed by atoms with Crippen molar-refractivity contribution in [1.29, 1.82) is 0 Å². The molecule has 3 aromatic rings. The number of carbonyl (C=O) groups excluding carboxylic acids is 1. The van der Waals surface area contributed by atoms with Gasteiger partial charge in [-0.2, -0.15) is 0 Å². The second kappa shape index (κ2) is 7.76. The molecule has 0 aliphatic carbocycles. The van der Waals surface area contributed by atoms with Crippen molar-refractivity contribution in [3.8, 4) is 16.4 Å². The quantitative estimate of drug-likeness (QED) is 0.674. The molecule has 0 spiro atoms. The van der Waals surface area contributed by atoms with Crippen molar-refractivity contribution < 1.29 is 9.53 Å². The van der Waals surface area contributed by atoms with E-state index in [-0.39, 0.29) is 5.91 Å². The number of aryl methyl sites for hydroxylation is 2. The summed E-state index contributed by atoms with van der Waals surface area (Å²) < 4.78 is 6.73. The van der Waals surface area contributed by atoms with Crippen molar-refractivity contribution in [2.45, 2.75) is 20.8 Å². The van der Waals surface area contributed by atoms with Gasteiger partial charge in [0.2, 0.25) is 0 Å². The van der Waals surface area contributed by atoms with Gasteiger partial charge in [-0.25, -0.2) is 9.67 Å². The van der Waals surface area contributed by atoms with E-state index < -0.39 is 0 Å². The van der Waals surface area contributed by atoms with E-state index in [2.05, 4.69) is 20.6 Å². The number of methoxy groups -OCH3 is 1. The number of benzene rings is 1. The Bertz CT molecular complexity index is 914. The lowest BCUT2D eigenvalue weighted by Gasteiger charge is -2.03. The molecular weight excluding hydrogens is 350 g/mol. The summed E-state index contributed by atoms with van der Waals surface area (Å²) in [6, 6.07) is 8.07. The molecule has 8 heteroatoms. The molecule has 0 aliphatic heterocycles. The minimum Gasteiger partial charge on any atom is -0.383 e. The van der Waals surface area contributed by atoms with Gasteiger partial charge in [0.25, 0.3) is 5.91 Å². The highest BCUT2D eigenvalue weighted by Gasteiger charge is 2.20. The van der Waals surface area contributed by atoms with E-state index in [0.29, 0.717) is 34.4 Å². The minimum absolute atomic E-state index is 0.146. The molecule has 0 unspecified atom stereocenters. The third-order valence-electron chi connectivity index (χ3n) is 3.97.